The minimum Gasteiger partial charge on any atom is -1.00 e. The fourth-order valence-corrected chi connectivity index (χ4v) is 3.95. The van der Waals surface area contributed by atoms with Gasteiger partial charge in [0.05, 0.1) is 22.3 Å². The molecule has 55 heavy (non-hydrogen) atoms. The zero-order valence-electron chi connectivity index (χ0n) is 30.8. The van der Waals surface area contributed by atoms with Crippen molar-refractivity contribution in [1.82, 2.24) is 20.7 Å². The summed E-state index contributed by atoms with van der Waals surface area (Å²) in [5.74, 6) is 0.930. The Morgan fingerprint density at radius 3 is 1.13 bits per heavy atom. The van der Waals surface area contributed by atoms with E-state index in [-0.39, 0.29) is 125 Å². The number of urea groups is 2. The van der Waals surface area contributed by atoms with E-state index in [0.29, 0.717) is 34.2 Å². The van der Waals surface area contributed by atoms with Crippen LogP contribution in [0.5, 0.6) is 0 Å². The molecule has 16 N–H and O–H groups in total. The Bertz CT molecular complexity index is 1790. The van der Waals surface area contributed by atoms with Crippen molar-refractivity contribution in [2.45, 2.75) is 0 Å². The number of benzene rings is 2. The van der Waals surface area contributed by atoms with Gasteiger partial charge in [-0.3, -0.25) is 40.5 Å². The molecule has 0 bridgehead atoms. The van der Waals surface area contributed by atoms with Crippen LogP contribution < -0.4 is 69.7 Å². The molecular weight excluding hydrogens is 766 g/mol. The zero-order valence-corrected chi connectivity index (χ0v) is 32.8. The van der Waals surface area contributed by atoms with Crippen molar-refractivity contribution < 1.29 is 138 Å². The molecule has 4 aromatic rings. The number of hydrazone groups is 2. The molecule has 0 unspecified atom stereocenters. The number of nitrogens with one attached hydrogen (secondary N) is 2. The quantitative estimate of drug-likeness (QED) is 0.0557. The molecule has 2 fully saturated rings. The van der Waals surface area contributed by atoms with Gasteiger partial charge in [-0.05, 0) is 48.5 Å². The van der Waals surface area contributed by atoms with Gasteiger partial charge in [0.2, 0.25) is 11.8 Å². The van der Waals surface area contributed by atoms with E-state index in [1.165, 1.54) is 36.7 Å². The summed E-state index contributed by atoms with van der Waals surface area (Å²) < 4.78 is 11.1. The third kappa shape index (κ3) is 15.6. The van der Waals surface area contributed by atoms with Crippen molar-refractivity contribution >= 4 is 47.7 Å². The van der Waals surface area contributed by atoms with Crippen LogP contribution in [0.1, 0.15) is 14.4 Å². The summed E-state index contributed by atoms with van der Waals surface area (Å²) in [6.07, 6.45) is 2.63. The zero-order chi connectivity index (χ0) is 32.8. The number of amides is 6. The second kappa shape index (κ2) is 26.5. The molecule has 2 aromatic heterocycles. The number of furan rings is 2. The molecule has 292 valence electrons. The fraction of sp³-hybridized carbons (Fsp3) is 0.0714. The van der Waals surface area contributed by atoms with Gasteiger partial charge in [-0.15, -0.1) is 0 Å². The monoisotopic (exact) mass is 802 g/mol. The molecule has 4 heterocycles. The molecule has 0 atom stereocenters. The third-order valence-electron chi connectivity index (χ3n) is 6.18. The summed E-state index contributed by atoms with van der Waals surface area (Å²) in [4.78, 5) is 64.9. The summed E-state index contributed by atoms with van der Waals surface area (Å²) in [7, 11) is 0. The van der Waals surface area contributed by atoms with Crippen LogP contribution in [-0.4, -0.2) is 108 Å². The summed E-state index contributed by atoms with van der Waals surface area (Å²) in [5.41, 5.74) is 1.33. The van der Waals surface area contributed by atoms with Crippen LogP contribution in [0.15, 0.2) is 91.8 Å². The van der Waals surface area contributed by atoms with E-state index < -0.39 is 33.7 Å². The van der Waals surface area contributed by atoms with Gasteiger partial charge in [0.15, 0.2) is 0 Å². The molecule has 0 spiro atoms. The van der Waals surface area contributed by atoms with Gasteiger partial charge in [-0.1, -0.05) is 0 Å². The molecule has 0 saturated carbocycles. The first-order valence-corrected chi connectivity index (χ1v) is 13.1. The number of non-ortho nitro benzene ring substituents is 2. The molecule has 2 aliphatic heterocycles. The maximum absolute atomic E-state index is 11.3. The van der Waals surface area contributed by atoms with Gasteiger partial charge >= 0.3 is 71.2 Å². The SMILES string of the molecule is O.O.O.O.O.O.O.O=C1CN(N=Cc2ccc(-c3ccc([N+](=O)[O-])cc3)o2)C(=O)N1.O=C1CN(N=Cc2ccc(-c3ccc([N+](=O)[O-])cc3)o2)C(=O)N1.[H-].[H-].[Na+].[Na+]. The molecular formula is C28H36N8Na2O17. The first-order chi connectivity index (χ1) is 22.0. The smallest absolute Gasteiger partial charge is 1.00 e. The average molecular weight is 803 g/mol. The van der Waals surface area contributed by atoms with Gasteiger partial charge in [0.1, 0.15) is 36.1 Å². The van der Waals surface area contributed by atoms with Crippen molar-refractivity contribution in [2.24, 2.45) is 10.2 Å². The Labute approximate surface area is 355 Å². The Morgan fingerprint density at radius 2 is 0.873 bits per heavy atom. The van der Waals surface area contributed by atoms with Crippen LogP contribution in [-0.2, 0) is 9.59 Å². The van der Waals surface area contributed by atoms with E-state index in [2.05, 4.69) is 20.8 Å². The third-order valence-corrected chi connectivity index (χ3v) is 6.18. The summed E-state index contributed by atoms with van der Waals surface area (Å²) >= 11 is 0. The van der Waals surface area contributed by atoms with Crippen LogP contribution in [0.3, 0.4) is 0 Å². The molecule has 6 rings (SSSR count). The second-order valence-electron chi connectivity index (χ2n) is 9.32. The van der Waals surface area contributed by atoms with E-state index in [1.807, 2.05) is 0 Å². The van der Waals surface area contributed by atoms with Crippen molar-refractivity contribution in [3.05, 3.63) is 105 Å². The molecule has 2 aromatic carbocycles. The number of nitro groups is 2. The van der Waals surface area contributed by atoms with E-state index >= 15 is 0 Å². The topological polar surface area (TPSA) is 457 Å². The predicted molar refractivity (Wildman–Crippen MR) is 185 cm³/mol. The van der Waals surface area contributed by atoms with Crippen LogP contribution in [0.2, 0.25) is 0 Å². The minimum absolute atomic E-state index is 0. The first kappa shape index (κ1) is 59.0. The van der Waals surface area contributed by atoms with Gasteiger partial charge < -0.3 is 50.0 Å². The molecule has 2 saturated heterocycles. The molecule has 6 amide bonds. The molecule has 0 radical (unpaired) electrons. The Balaban J connectivity index is -0.000000147. The number of carbonyl (C=O) groups excluding carboxylic acids is 4. The summed E-state index contributed by atoms with van der Waals surface area (Å²) in [6.45, 7) is -0.267. The van der Waals surface area contributed by atoms with Crippen molar-refractivity contribution in [3.8, 4) is 22.6 Å². The number of hydrogen-bond acceptors (Lipinski definition) is 12. The number of carbonyl (C=O) groups is 4. The number of hydrogen-bond donors (Lipinski definition) is 2. The Hall–Kier alpha value is -5.26. The van der Waals surface area contributed by atoms with Crippen LogP contribution in [0.25, 0.3) is 22.6 Å². The molecule has 25 nitrogen and oxygen atoms in total. The summed E-state index contributed by atoms with van der Waals surface area (Å²) in [5, 5.41) is 35.1. The minimum atomic E-state index is -0.589. The van der Waals surface area contributed by atoms with Crippen LogP contribution in [0.4, 0.5) is 21.0 Å². The van der Waals surface area contributed by atoms with E-state index in [1.54, 1.807) is 48.5 Å². The largest absolute Gasteiger partial charge is 1.00 e. The van der Waals surface area contributed by atoms with Crippen LogP contribution >= 0.6 is 0 Å². The first-order valence-electron chi connectivity index (χ1n) is 13.1. The number of imide groups is 2. The predicted octanol–water partition coefficient (Wildman–Crippen LogP) is -8.06. The van der Waals surface area contributed by atoms with Crippen LogP contribution in [0, 0.1) is 20.2 Å². The number of rotatable bonds is 8. The van der Waals surface area contributed by atoms with Gasteiger partial charge in [-0.2, -0.15) is 10.2 Å². The fourth-order valence-electron chi connectivity index (χ4n) is 3.95. The standard InChI is InChI=1S/2C14H10N4O5.2Na.7H2O.2H/c2*19-13-8-17(14(20)16-13)15-7-11-5-6-12(23-11)9-1-3-10(4-2-9)18(21)22;;;;;;;;;;;/h2*1-7H,8H2,(H,16,19,20);;;7*1H2;;/q;;2*+1;;;;;;;;2*-1. The Morgan fingerprint density at radius 1 is 0.564 bits per heavy atom. The van der Waals surface area contributed by atoms with Gasteiger partial charge in [-0.25, -0.2) is 19.6 Å². The molecule has 2 aliphatic rings. The molecule has 0 aliphatic carbocycles. The summed E-state index contributed by atoms with van der Waals surface area (Å²) in [6, 6.07) is 17.3. The second-order valence-corrected chi connectivity index (χ2v) is 9.32. The van der Waals surface area contributed by atoms with E-state index in [9.17, 15) is 39.4 Å². The maximum Gasteiger partial charge on any atom is 1.00 e. The maximum atomic E-state index is 11.3. The van der Waals surface area contributed by atoms with Crippen molar-refractivity contribution in [1.29, 1.82) is 0 Å². The normalized spacial score (nSPS) is 12.1. The number of nitro benzene ring substituents is 2. The van der Waals surface area contributed by atoms with Gasteiger partial charge in [0, 0.05) is 35.4 Å². The Kier molecular flexibility index (Phi) is 28.4. The van der Waals surface area contributed by atoms with Crippen molar-refractivity contribution in [3.63, 3.8) is 0 Å². The van der Waals surface area contributed by atoms with E-state index in [4.69, 9.17) is 8.83 Å². The number of nitrogens with zero attached hydrogens (tertiary/aromatic N) is 6. The van der Waals surface area contributed by atoms with Gasteiger partial charge in [0.25, 0.3) is 11.4 Å². The van der Waals surface area contributed by atoms with E-state index in [0.717, 1.165) is 10.0 Å². The molecule has 27 heteroatoms. The van der Waals surface area contributed by atoms with Crippen molar-refractivity contribution in [2.75, 3.05) is 13.1 Å². The average Bonchev–Trinajstić information content (AvgIpc) is 3.83.